The molecule has 1 fully saturated rings. The van der Waals surface area contributed by atoms with Gasteiger partial charge in [0.25, 0.3) is 5.91 Å². The van der Waals surface area contributed by atoms with Crippen molar-refractivity contribution < 1.29 is 13.9 Å². The molecule has 0 saturated carbocycles. The molecule has 4 nitrogen and oxygen atoms in total. The minimum absolute atomic E-state index is 0.00585. The van der Waals surface area contributed by atoms with E-state index in [2.05, 4.69) is 4.98 Å². The molecule has 0 bridgehead atoms. The van der Waals surface area contributed by atoms with Crippen molar-refractivity contribution in [2.75, 3.05) is 19.8 Å². The molecule has 0 aliphatic carbocycles. The second-order valence-electron chi connectivity index (χ2n) is 3.77. The van der Waals surface area contributed by atoms with Gasteiger partial charge in [-0.2, -0.15) is 4.39 Å². The van der Waals surface area contributed by atoms with E-state index in [-0.39, 0.29) is 17.6 Å². The molecule has 0 radical (unpaired) electrons. The summed E-state index contributed by atoms with van der Waals surface area (Å²) in [5.74, 6) is -0.873. The summed E-state index contributed by atoms with van der Waals surface area (Å²) in [5, 5.41) is 0. The predicted octanol–water partition coefficient (Wildman–Crippen LogP) is 1.08. The number of morpholine rings is 1. The number of nitrogens with zero attached hydrogens (tertiary/aromatic N) is 2. The molecule has 0 N–H and O–H groups in total. The van der Waals surface area contributed by atoms with Gasteiger partial charge in [0.05, 0.1) is 19.3 Å². The number of carbonyl (C=O) groups excluding carboxylic acids is 1. The van der Waals surface area contributed by atoms with Crippen LogP contribution in [0, 0.1) is 5.95 Å². The maximum Gasteiger partial charge on any atom is 0.272 e. The van der Waals surface area contributed by atoms with Gasteiger partial charge in [-0.25, -0.2) is 4.98 Å². The van der Waals surface area contributed by atoms with Gasteiger partial charge in [-0.15, -0.1) is 0 Å². The molecule has 1 amide bonds. The molecule has 5 heteroatoms. The van der Waals surface area contributed by atoms with Gasteiger partial charge in [0.15, 0.2) is 0 Å². The highest BCUT2D eigenvalue weighted by atomic mass is 19.1. The molecule has 1 aromatic heterocycles. The topological polar surface area (TPSA) is 42.4 Å². The van der Waals surface area contributed by atoms with Crippen LogP contribution in [0.25, 0.3) is 0 Å². The molecule has 2 rings (SSSR count). The molecule has 2 heterocycles. The molecular weight excluding hydrogens is 211 g/mol. The molecule has 1 saturated heterocycles. The molecule has 16 heavy (non-hydrogen) atoms. The van der Waals surface area contributed by atoms with E-state index in [0.717, 1.165) is 0 Å². The summed E-state index contributed by atoms with van der Waals surface area (Å²) in [6.45, 7) is 3.46. The predicted molar refractivity (Wildman–Crippen MR) is 55.5 cm³/mol. The smallest absolute Gasteiger partial charge is 0.272 e. The van der Waals surface area contributed by atoms with E-state index in [4.69, 9.17) is 4.74 Å². The van der Waals surface area contributed by atoms with E-state index in [9.17, 15) is 9.18 Å². The number of rotatable bonds is 1. The standard InChI is InChI=1S/C11H13FN2O2/c1-8-7-16-6-5-14(8)11(15)9-3-2-4-10(12)13-9/h2-4,8H,5-7H2,1H3. The third kappa shape index (κ3) is 2.19. The molecular formula is C11H13FN2O2. The van der Waals surface area contributed by atoms with E-state index in [1.807, 2.05) is 6.92 Å². The third-order valence-corrected chi connectivity index (χ3v) is 2.56. The minimum Gasteiger partial charge on any atom is -0.377 e. The fourth-order valence-electron chi connectivity index (χ4n) is 1.70. The van der Waals surface area contributed by atoms with Gasteiger partial charge in [0, 0.05) is 6.54 Å². The van der Waals surface area contributed by atoms with Crippen LogP contribution in [-0.2, 0) is 4.74 Å². The highest BCUT2D eigenvalue weighted by Crippen LogP contribution is 2.11. The first kappa shape index (κ1) is 11.0. The number of ether oxygens (including phenoxy) is 1. The van der Waals surface area contributed by atoms with Gasteiger partial charge >= 0.3 is 0 Å². The Morgan fingerprint density at radius 1 is 1.62 bits per heavy atom. The number of halogens is 1. The zero-order valence-corrected chi connectivity index (χ0v) is 9.02. The Hall–Kier alpha value is -1.49. The number of amides is 1. The second-order valence-corrected chi connectivity index (χ2v) is 3.77. The summed E-state index contributed by atoms with van der Waals surface area (Å²) in [5.41, 5.74) is 0.147. The first-order chi connectivity index (χ1) is 7.68. The summed E-state index contributed by atoms with van der Waals surface area (Å²) in [6.07, 6.45) is 0. The van der Waals surface area contributed by atoms with Crippen LogP contribution in [0.3, 0.4) is 0 Å². The molecule has 0 aromatic carbocycles. The number of hydrogen-bond acceptors (Lipinski definition) is 3. The molecule has 1 aromatic rings. The van der Waals surface area contributed by atoms with Crippen molar-refractivity contribution in [2.45, 2.75) is 13.0 Å². The molecule has 1 aliphatic heterocycles. The van der Waals surface area contributed by atoms with Crippen LogP contribution in [0.5, 0.6) is 0 Å². The van der Waals surface area contributed by atoms with Gasteiger partial charge < -0.3 is 9.64 Å². The van der Waals surface area contributed by atoms with E-state index >= 15 is 0 Å². The molecule has 86 valence electrons. The summed E-state index contributed by atoms with van der Waals surface area (Å²) >= 11 is 0. The van der Waals surface area contributed by atoms with Gasteiger partial charge in [-0.05, 0) is 19.1 Å². The third-order valence-electron chi connectivity index (χ3n) is 2.56. The zero-order chi connectivity index (χ0) is 11.5. The Morgan fingerprint density at radius 2 is 2.44 bits per heavy atom. The van der Waals surface area contributed by atoms with Gasteiger partial charge in [0.1, 0.15) is 5.69 Å². The second kappa shape index (κ2) is 4.57. The van der Waals surface area contributed by atoms with Crippen LogP contribution in [-0.4, -0.2) is 41.6 Å². The maximum atomic E-state index is 12.9. The van der Waals surface area contributed by atoms with Crippen molar-refractivity contribution in [3.05, 3.63) is 29.8 Å². The van der Waals surface area contributed by atoms with Crippen molar-refractivity contribution in [2.24, 2.45) is 0 Å². The number of hydrogen-bond donors (Lipinski definition) is 0. The molecule has 0 spiro atoms. The monoisotopic (exact) mass is 224 g/mol. The first-order valence-corrected chi connectivity index (χ1v) is 5.20. The Balaban J connectivity index is 2.17. The quantitative estimate of drug-likeness (QED) is 0.670. The normalized spacial score (nSPS) is 20.9. The molecule has 1 atom stereocenters. The van der Waals surface area contributed by atoms with E-state index in [1.165, 1.54) is 18.2 Å². The fraction of sp³-hybridized carbons (Fsp3) is 0.455. The lowest BCUT2D eigenvalue weighted by Crippen LogP contribution is -2.47. The molecule has 1 unspecified atom stereocenters. The lowest BCUT2D eigenvalue weighted by Gasteiger charge is -2.32. The Bertz CT molecular complexity index is 397. The lowest BCUT2D eigenvalue weighted by molar-refractivity contribution is 0.00321. The first-order valence-electron chi connectivity index (χ1n) is 5.20. The van der Waals surface area contributed by atoms with Crippen molar-refractivity contribution in [1.29, 1.82) is 0 Å². The van der Waals surface area contributed by atoms with Crippen LogP contribution in [0.15, 0.2) is 18.2 Å². The van der Waals surface area contributed by atoms with E-state index in [0.29, 0.717) is 19.8 Å². The summed E-state index contributed by atoms with van der Waals surface area (Å²) in [6, 6.07) is 4.24. The largest absolute Gasteiger partial charge is 0.377 e. The number of pyridine rings is 1. The van der Waals surface area contributed by atoms with Crippen LogP contribution < -0.4 is 0 Å². The van der Waals surface area contributed by atoms with Gasteiger partial charge in [-0.3, -0.25) is 4.79 Å². The summed E-state index contributed by atoms with van der Waals surface area (Å²) in [7, 11) is 0. The Kier molecular flexibility index (Phi) is 3.14. The average Bonchev–Trinajstić information content (AvgIpc) is 2.29. The Labute approximate surface area is 93.0 Å². The summed E-state index contributed by atoms with van der Waals surface area (Å²) in [4.78, 5) is 17.2. The average molecular weight is 224 g/mol. The van der Waals surface area contributed by atoms with E-state index < -0.39 is 5.95 Å². The number of carbonyl (C=O) groups is 1. The van der Waals surface area contributed by atoms with E-state index in [1.54, 1.807) is 4.90 Å². The van der Waals surface area contributed by atoms with Crippen LogP contribution in [0.4, 0.5) is 4.39 Å². The van der Waals surface area contributed by atoms with Gasteiger partial charge in [-0.1, -0.05) is 6.07 Å². The zero-order valence-electron chi connectivity index (χ0n) is 9.02. The van der Waals surface area contributed by atoms with Crippen molar-refractivity contribution in [3.8, 4) is 0 Å². The fourth-order valence-corrected chi connectivity index (χ4v) is 1.70. The maximum absolute atomic E-state index is 12.9. The van der Waals surface area contributed by atoms with Crippen molar-refractivity contribution >= 4 is 5.91 Å². The molecule has 1 aliphatic rings. The van der Waals surface area contributed by atoms with Crippen LogP contribution in [0.1, 0.15) is 17.4 Å². The van der Waals surface area contributed by atoms with Crippen LogP contribution >= 0.6 is 0 Å². The highest BCUT2D eigenvalue weighted by Gasteiger charge is 2.25. The lowest BCUT2D eigenvalue weighted by atomic mass is 10.2. The number of aromatic nitrogens is 1. The summed E-state index contributed by atoms with van der Waals surface area (Å²) < 4.78 is 18.1. The Morgan fingerprint density at radius 3 is 3.12 bits per heavy atom. The minimum atomic E-state index is -0.633. The SMILES string of the molecule is CC1COCCN1C(=O)c1cccc(F)n1. The van der Waals surface area contributed by atoms with Crippen molar-refractivity contribution in [3.63, 3.8) is 0 Å². The van der Waals surface area contributed by atoms with Gasteiger partial charge in [0.2, 0.25) is 5.95 Å². The van der Waals surface area contributed by atoms with Crippen molar-refractivity contribution in [1.82, 2.24) is 9.88 Å². The highest BCUT2D eigenvalue weighted by molar-refractivity contribution is 5.92. The van der Waals surface area contributed by atoms with Crippen LogP contribution in [0.2, 0.25) is 0 Å².